The van der Waals surface area contributed by atoms with Gasteiger partial charge in [0, 0.05) is 11.4 Å². The van der Waals surface area contributed by atoms with Crippen LogP contribution in [0, 0.1) is 5.92 Å². The van der Waals surface area contributed by atoms with Gasteiger partial charge in [0.1, 0.15) is 5.75 Å². The van der Waals surface area contributed by atoms with Crippen molar-refractivity contribution < 1.29 is 9.63 Å². The van der Waals surface area contributed by atoms with Crippen molar-refractivity contribution in [2.24, 2.45) is 5.92 Å². The maximum absolute atomic E-state index is 9.73. The highest BCUT2D eigenvalue weighted by molar-refractivity contribution is 6.30. The van der Waals surface area contributed by atoms with Gasteiger partial charge in [0.15, 0.2) is 5.82 Å². The summed E-state index contributed by atoms with van der Waals surface area (Å²) < 4.78 is 5.14. The minimum absolute atomic E-state index is 0.0819. The largest absolute Gasteiger partial charge is 0.507 e. The molecule has 1 N–H and O–H groups in total. The van der Waals surface area contributed by atoms with E-state index in [0.29, 0.717) is 28.2 Å². The van der Waals surface area contributed by atoms with E-state index in [1.54, 1.807) is 12.1 Å². The number of phenols is 1. The third-order valence-corrected chi connectivity index (χ3v) is 2.84. The van der Waals surface area contributed by atoms with Crippen molar-refractivity contribution >= 4 is 11.6 Å². The molecule has 0 aliphatic rings. The molecule has 5 heteroatoms. The zero-order valence-electron chi connectivity index (χ0n) is 10.4. The monoisotopic (exact) mass is 266 g/mol. The summed E-state index contributed by atoms with van der Waals surface area (Å²) in [6.45, 7) is 4.29. The molecule has 0 spiro atoms. The Morgan fingerprint density at radius 1 is 1.39 bits per heavy atom. The molecule has 0 amide bonds. The average Bonchev–Trinajstić information content (AvgIpc) is 2.78. The molecule has 0 bridgehead atoms. The van der Waals surface area contributed by atoms with E-state index in [0.717, 1.165) is 12.8 Å². The Balaban J connectivity index is 2.21. The van der Waals surface area contributed by atoms with E-state index in [9.17, 15) is 5.11 Å². The summed E-state index contributed by atoms with van der Waals surface area (Å²) in [7, 11) is 0. The second-order valence-electron chi connectivity index (χ2n) is 4.61. The molecule has 0 atom stereocenters. The molecule has 1 heterocycles. The number of benzene rings is 1. The van der Waals surface area contributed by atoms with E-state index in [-0.39, 0.29) is 5.75 Å². The van der Waals surface area contributed by atoms with Crippen molar-refractivity contribution in [3.05, 3.63) is 29.0 Å². The van der Waals surface area contributed by atoms with E-state index in [1.807, 2.05) is 0 Å². The van der Waals surface area contributed by atoms with Gasteiger partial charge in [-0.05, 0) is 30.5 Å². The highest BCUT2D eigenvalue weighted by atomic mass is 35.5. The van der Waals surface area contributed by atoms with Crippen LogP contribution in [0.15, 0.2) is 22.7 Å². The van der Waals surface area contributed by atoms with Crippen molar-refractivity contribution in [1.29, 1.82) is 0 Å². The van der Waals surface area contributed by atoms with Gasteiger partial charge in [-0.2, -0.15) is 4.98 Å². The smallest absolute Gasteiger partial charge is 0.261 e. The molecule has 4 nitrogen and oxygen atoms in total. The van der Waals surface area contributed by atoms with Crippen LogP contribution in [0.25, 0.3) is 11.5 Å². The Labute approximate surface area is 111 Å². The Bertz CT molecular complexity index is 538. The quantitative estimate of drug-likeness (QED) is 0.917. The van der Waals surface area contributed by atoms with Crippen molar-refractivity contribution in [1.82, 2.24) is 10.1 Å². The minimum atomic E-state index is 0.0819. The summed E-state index contributed by atoms with van der Waals surface area (Å²) in [5.41, 5.74) is 0.464. The molecule has 0 aliphatic heterocycles. The predicted octanol–water partition coefficient (Wildman–Crippen LogP) is 3.68. The molecule has 0 saturated carbocycles. The Morgan fingerprint density at radius 3 is 2.89 bits per heavy atom. The van der Waals surface area contributed by atoms with Crippen LogP contribution in [0.1, 0.15) is 26.1 Å². The molecular formula is C13H15ClN2O2. The number of aromatic nitrogens is 2. The first-order chi connectivity index (χ1) is 8.56. The average molecular weight is 267 g/mol. The number of aryl methyl sites for hydroxylation is 1. The van der Waals surface area contributed by atoms with Gasteiger partial charge in [-0.1, -0.05) is 30.6 Å². The zero-order valence-corrected chi connectivity index (χ0v) is 11.1. The van der Waals surface area contributed by atoms with Gasteiger partial charge in [0.2, 0.25) is 0 Å². The first-order valence-corrected chi connectivity index (χ1v) is 6.25. The number of hydrogen-bond acceptors (Lipinski definition) is 4. The number of hydrogen-bond donors (Lipinski definition) is 1. The van der Waals surface area contributed by atoms with Crippen molar-refractivity contribution in [2.45, 2.75) is 26.7 Å². The molecule has 0 radical (unpaired) electrons. The number of phenolic OH excluding ortho intramolecular Hbond substituents is 1. The van der Waals surface area contributed by atoms with Crippen LogP contribution in [-0.2, 0) is 6.42 Å². The first-order valence-electron chi connectivity index (χ1n) is 5.87. The van der Waals surface area contributed by atoms with Gasteiger partial charge < -0.3 is 9.63 Å². The van der Waals surface area contributed by atoms with E-state index < -0.39 is 0 Å². The van der Waals surface area contributed by atoms with Crippen molar-refractivity contribution in [2.75, 3.05) is 0 Å². The molecule has 0 saturated heterocycles. The highest BCUT2D eigenvalue weighted by Gasteiger charge is 2.13. The molecule has 96 valence electrons. The first kappa shape index (κ1) is 12.9. The Kier molecular flexibility index (Phi) is 3.87. The van der Waals surface area contributed by atoms with Crippen LogP contribution >= 0.6 is 11.6 Å². The summed E-state index contributed by atoms with van der Waals surface area (Å²) in [4.78, 5) is 4.26. The molecule has 2 rings (SSSR count). The zero-order chi connectivity index (χ0) is 13.1. The van der Waals surface area contributed by atoms with Crippen LogP contribution < -0.4 is 0 Å². The number of nitrogens with zero attached hydrogens (tertiary/aromatic N) is 2. The highest BCUT2D eigenvalue weighted by Crippen LogP contribution is 2.30. The van der Waals surface area contributed by atoms with E-state index >= 15 is 0 Å². The van der Waals surface area contributed by atoms with Gasteiger partial charge >= 0.3 is 0 Å². The summed E-state index contributed by atoms with van der Waals surface area (Å²) in [5.74, 6) is 1.62. The van der Waals surface area contributed by atoms with Crippen molar-refractivity contribution in [3.63, 3.8) is 0 Å². The SMILES string of the molecule is CC(C)CCc1noc(-c2cc(Cl)ccc2O)n1. The second-order valence-corrected chi connectivity index (χ2v) is 5.05. The molecule has 0 unspecified atom stereocenters. The van der Waals surface area contributed by atoms with Crippen molar-refractivity contribution in [3.8, 4) is 17.2 Å². The van der Waals surface area contributed by atoms with Crippen LogP contribution in [0.5, 0.6) is 5.75 Å². The third kappa shape index (κ3) is 3.01. The van der Waals surface area contributed by atoms with E-state index in [4.69, 9.17) is 16.1 Å². The van der Waals surface area contributed by atoms with Crippen LogP contribution in [0.3, 0.4) is 0 Å². The fourth-order valence-corrected chi connectivity index (χ4v) is 1.73. The van der Waals surface area contributed by atoms with Gasteiger partial charge in [-0.25, -0.2) is 0 Å². The number of aromatic hydroxyl groups is 1. The lowest BCUT2D eigenvalue weighted by Crippen LogP contribution is -1.93. The third-order valence-electron chi connectivity index (χ3n) is 2.60. The molecule has 0 aliphatic carbocycles. The minimum Gasteiger partial charge on any atom is -0.507 e. The lowest BCUT2D eigenvalue weighted by atomic mass is 10.1. The second kappa shape index (κ2) is 5.40. The summed E-state index contributed by atoms with van der Waals surface area (Å²) in [6, 6.07) is 4.72. The normalized spacial score (nSPS) is 11.1. The van der Waals surface area contributed by atoms with E-state index in [2.05, 4.69) is 24.0 Å². The Morgan fingerprint density at radius 2 is 2.17 bits per heavy atom. The molecule has 2 aromatic rings. The molecule has 18 heavy (non-hydrogen) atoms. The molecule has 1 aromatic heterocycles. The lowest BCUT2D eigenvalue weighted by Gasteiger charge is -2.00. The number of halogens is 1. The van der Waals surface area contributed by atoms with Gasteiger partial charge in [0.05, 0.1) is 5.56 Å². The summed E-state index contributed by atoms with van der Waals surface area (Å²) >= 11 is 5.88. The topological polar surface area (TPSA) is 59.2 Å². The fraction of sp³-hybridized carbons (Fsp3) is 0.385. The summed E-state index contributed by atoms with van der Waals surface area (Å²) in [5, 5.41) is 14.1. The fourth-order valence-electron chi connectivity index (χ4n) is 1.56. The van der Waals surface area contributed by atoms with Gasteiger partial charge in [-0.15, -0.1) is 0 Å². The maximum atomic E-state index is 9.73. The molecule has 0 fully saturated rings. The van der Waals surface area contributed by atoms with Crippen LogP contribution in [0.4, 0.5) is 0 Å². The van der Waals surface area contributed by atoms with Crippen LogP contribution in [-0.4, -0.2) is 15.2 Å². The van der Waals surface area contributed by atoms with E-state index in [1.165, 1.54) is 6.07 Å². The Hall–Kier alpha value is -1.55. The predicted molar refractivity (Wildman–Crippen MR) is 69.6 cm³/mol. The molecular weight excluding hydrogens is 252 g/mol. The lowest BCUT2D eigenvalue weighted by molar-refractivity contribution is 0.414. The van der Waals surface area contributed by atoms with Gasteiger partial charge in [0.25, 0.3) is 5.89 Å². The van der Waals surface area contributed by atoms with Gasteiger partial charge in [-0.3, -0.25) is 0 Å². The molecule has 1 aromatic carbocycles. The number of rotatable bonds is 4. The summed E-state index contributed by atoms with van der Waals surface area (Å²) in [6.07, 6.45) is 1.77. The standard InChI is InChI=1S/C13H15ClN2O2/c1-8(2)3-6-12-15-13(18-16-12)10-7-9(14)4-5-11(10)17/h4-5,7-8,17H,3,6H2,1-2H3. The maximum Gasteiger partial charge on any atom is 0.261 e. The van der Waals surface area contributed by atoms with Crippen LogP contribution in [0.2, 0.25) is 5.02 Å².